The van der Waals surface area contributed by atoms with Crippen LogP contribution in [0.3, 0.4) is 0 Å². The van der Waals surface area contributed by atoms with Gasteiger partial charge in [0.25, 0.3) is 5.91 Å². The number of amides is 1. The Balaban J connectivity index is 1.79. The number of benzene rings is 1. The monoisotopic (exact) mass is 330 g/mol. The zero-order chi connectivity index (χ0) is 16.2. The van der Waals surface area contributed by atoms with Gasteiger partial charge in [-0.3, -0.25) is 4.79 Å². The maximum atomic E-state index is 12.4. The maximum absolute atomic E-state index is 12.4. The van der Waals surface area contributed by atoms with E-state index < -0.39 is 0 Å². The Morgan fingerprint density at radius 3 is 2.52 bits per heavy atom. The number of nitrogens with one attached hydrogen (secondary N) is 1. The number of hydrogen-bond donors (Lipinski definition) is 1. The molecule has 2 aromatic rings. The van der Waals surface area contributed by atoms with E-state index in [1.807, 2.05) is 6.92 Å². The zero-order valence-corrected chi connectivity index (χ0v) is 13.8. The standard InChI is InChI=1S/C17H19ClN4O/c1-12-19-15(11-16(20-12)22-9-3-2-4-10-22)17(23)21-14-7-5-13(18)6-8-14/h5-8,11H,2-4,9-10H2,1H3,(H,21,23). The van der Waals surface area contributed by atoms with Crippen LogP contribution in [0.25, 0.3) is 0 Å². The summed E-state index contributed by atoms with van der Waals surface area (Å²) >= 11 is 5.85. The lowest BCUT2D eigenvalue weighted by molar-refractivity contribution is 0.102. The van der Waals surface area contributed by atoms with E-state index >= 15 is 0 Å². The van der Waals surface area contributed by atoms with E-state index in [4.69, 9.17) is 11.6 Å². The van der Waals surface area contributed by atoms with Gasteiger partial charge < -0.3 is 10.2 Å². The van der Waals surface area contributed by atoms with Gasteiger partial charge in [0.1, 0.15) is 17.3 Å². The highest BCUT2D eigenvalue weighted by Crippen LogP contribution is 2.19. The Hall–Kier alpha value is -2.14. The molecule has 0 unspecified atom stereocenters. The molecule has 3 rings (SSSR count). The molecule has 1 amide bonds. The molecule has 1 saturated heterocycles. The van der Waals surface area contributed by atoms with E-state index in [2.05, 4.69) is 20.2 Å². The lowest BCUT2D eigenvalue weighted by Crippen LogP contribution is -2.31. The van der Waals surface area contributed by atoms with Crippen molar-refractivity contribution in [1.82, 2.24) is 9.97 Å². The van der Waals surface area contributed by atoms with Gasteiger partial charge >= 0.3 is 0 Å². The molecule has 0 bridgehead atoms. The Labute approximate surface area is 140 Å². The number of carbonyl (C=O) groups excluding carboxylic acids is 1. The van der Waals surface area contributed by atoms with Gasteiger partial charge in [-0.2, -0.15) is 0 Å². The molecule has 6 heteroatoms. The Kier molecular flexibility index (Phi) is 4.76. The van der Waals surface area contributed by atoms with Crippen LogP contribution >= 0.6 is 11.6 Å². The molecule has 5 nitrogen and oxygen atoms in total. The van der Waals surface area contributed by atoms with Crippen LogP contribution in [-0.4, -0.2) is 29.0 Å². The van der Waals surface area contributed by atoms with Gasteiger partial charge in [-0.05, 0) is 50.5 Å². The Morgan fingerprint density at radius 2 is 1.83 bits per heavy atom. The third-order valence-electron chi connectivity index (χ3n) is 3.84. The van der Waals surface area contributed by atoms with Crippen LogP contribution in [-0.2, 0) is 0 Å². The van der Waals surface area contributed by atoms with Crippen molar-refractivity contribution in [2.75, 3.05) is 23.3 Å². The number of anilines is 2. The third-order valence-corrected chi connectivity index (χ3v) is 4.09. The smallest absolute Gasteiger partial charge is 0.274 e. The van der Waals surface area contributed by atoms with Crippen LogP contribution in [0.1, 0.15) is 35.6 Å². The number of rotatable bonds is 3. The number of piperidine rings is 1. The van der Waals surface area contributed by atoms with Gasteiger partial charge in [0.2, 0.25) is 0 Å². The molecule has 0 atom stereocenters. The fourth-order valence-corrected chi connectivity index (χ4v) is 2.81. The van der Waals surface area contributed by atoms with Crippen molar-refractivity contribution in [1.29, 1.82) is 0 Å². The summed E-state index contributed by atoms with van der Waals surface area (Å²) in [6, 6.07) is 8.77. The number of hydrogen-bond acceptors (Lipinski definition) is 4. The molecule has 1 aromatic heterocycles. The van der Waals surface area contributed by atoms with Crippen LogP contribution in [0.5, 0.6) is 0 Å². The predicted octanol–water partition coefficient (Wildman–Crippen LogP) is 3.68. The van der Waals surface area contributed by atoms with Crippen molar-refractivity contribution in [3.05, 3.63) is 46.9 Å². The topological polar surface area (TPSA) is 58.1 Å². The second-order valence-corrected chi connectivity index (χ2v) is 6.10. The summed E-state index contributed by atoms with van der Waals surface area (Å²) in [5, 5.41) is 3.47. The minimum atomic E-state index is -0.240. The third kappa shape index (κ3) is 3.99. The highest BCUT2D eigenvalue weighted by molar-refractivity contribution is 6.30. The molecule has 1 fully saturated rings. The first kappa shape index (κ1) is 15.7. The quantitative estimate of drug-likeness (QED) is 0.932. The summed E-state index contributed by atoms with van der Waals surface area (Å²) in [5.74, 6) is 1.20. The van der Waals surface area contributed by atoms with Crippen molar-refractivity contribution in [2.24, 2.45) is 0 Å². The van der Waals surface area contributed by atoms with Crippen molar-refractivity contribution in [3.63, 3.8) is 0 Å². The lowest BCUT2D eigenvalue weighted by atomic mass is 10.1. The van der Waals surface area contributed by atoms with Crippen molar-refractivity contribution < 1.29 is 4.79 Å². The van der Waals surface area contributed by atoms with Gasteiger partial charge in [0, 0.05) is 29.9 Å². The first-order valence-corrected chi connectivity index (χ1v) is 8.17. The molecule has 1 aromatic carbocycles. The SMILES string of the molecule is Cc1nc(C(=O)Nc2ccc(Cl)cc2)cc(N2CCCCC2)n1. The molecule has 120 valence electrons. The normalized spacial score (nSPS) is 14.6. The van der Waals surface area contributed by atoms with Crippen molar-refractivity contribution in [2.45, 2.75) is 26.2 Å². The van der Waals surface area contributed by atoms with Crippen LogP contribution in [0.4, 0.5) is 11.5 Å². The first-order chi connectivity index (χ1) is 11.1. The molecular formula is C17H19ClN4O. The number of aromatic nitrogens is 2. The van der Waals surface area contributed by atoms with E-state index in [0.29, 0.717) is 22.2 Å². The molecule has 1 aliphatic heterocycles. The summed E-state index contributed by atoms with van der Waals surface area (Å²) < 4.78 is 0. The van der Waals surface area contributed by atoms with Crippen molar-refractivity contribution >= 4 is 29.0 Å². The lowest BCUT2D eigenvalue weighted by Gasteiger charge is -2.28. The second-order valence-electron chi connectivity index (χ2n) is 5.67. The van der Waals surface area contributed by atoms with Crippen LogP contribution in [0, 0.1) is 6.92 Å². The first-order valence-electron chi connectivity index (χ1n) is 7.79. The summed E-state index contributed by atoms with van der Waals surface area (Å²) in [4.78, 5) is 23.4. The maximum Gasteiger partial charge on any atom is 0.274 e. The minimum Gasteiger partial charge on any atom is -0.356 e. The number of carbonyl (C=O) groups is 1. The molecule has 2 heterocycles. The summed E-state index contributed by atoms with van der Waals surface area (Å²) in [6.45, 7) is 3.77. The van der Waals surface area contributed by atoms with Gasteiger partial charge in [-0.15, -0.1) is 0 Å². The molecule has 0 spiro atoms. The van der Waals surface area contributed by atoms with Gasteiger partial charge in [-0.1, -0.05) is 11.6 Å². The van der Waals surface area contributed by atoms with E-state index in [0.717, 1.165) is 31.7 Å². The van der Waals surface area contributed by atoms with Gasteiger partial charge in [-0.25, -0.2) is 9.97 Å². The molecule has 0 aliphatic carbocycles. The number of halogens is 1. The summed E-state index contributed by atoms with van der Waals surface area (Å²) in [6.07, 6.45) is 3.58. The highest BCUT2D eigenvalue weighted by Gasteiger charge is 2.16. The molecule has 0 radical (unpaired) electrons. The Bertz CT molecular complexity index is 696. The molecule has 1 N–H and O–H groups in total. The predicted molar refractivity (Wildman–Crippen MR) is 92.2 cm³/mol. The van der Waals surface area contributed by atoms with E-state index in [1.165, 1.54) is 6.42 Å². The minimum absolute atomic E-state index is 0.240. The molecule has 1 aliphatic rings. The zero-order valence-electron chi connectivity index (χ0n) is 13.1. The van der Waals surface area contributed by atoms with Crippen molar-refractivity contribution in [3.8, 4) is 0 Å². The number of aryl methyl sites for hydroxylation is 1. The second kappa shape index (κ2) is 6.96. The molecular weight excluding hydrogens is 312 g/mol. The summed E-state index contributed by atoms with van der Waals surface area (Å²) in [5.41, 5.74) is 1.07. The van der Waals surface area contributed by atoms with E-state index in [9.17, 15) is 4.79 Å². The largest absolute Gasteiger partial charge is 0.356 e. The van der Waals surface area contributed by atoms with Crippen LogP contribution in [0.15, 0.2) is 30.3 Å². The molecule has 23 heavy (non-hydrogen) atoms. The van der Waals surface area contributed by atoms with Crippen LogP contribution < -0.4 is 10.2 Å². The van der Waals surface area contributed by atoms with Gasteiger partial charge in [0.05, 0.1) is 0 Å². The highest BCUT2D eigenvalue weighted by atomic mass is 35.5. The average molecular weight is 331 g/mol. The fraction of sp³-hybridized carbons (Fsp3) is 0.353. The van der Waals surface area contributed by atoms with Gasteiger partial charge in [0.15, 0.2) is 0 Å². The van der Waals surface area contributed by atoms with E-state index in [1.54, 1.807) is 30.3 Å². The summed E-state index contributed by atoms with van der Waals surface area (Å²) in [7, 11) is 0. The number of nitrogens with zero attached hydrogens (tertiary/aromatic N) is 3. The molecule has 0 saturated carbocycles. The van der Waals surface area contributed by atoms with E-state index in [-0.39, 0.29) is 5.91 Å². The Morgan fingerprint density at radius 1 is 1.13 bits per heavy atom. The van der Waals surface area contributed by atoms with Crippen LogP contribution in [0.2, 0.25) is 5.02 Å². The average Bonchev–Trinajstić information content (AvgIpc) is 2.57. The fourth-order valence-electron chi connectivity index (χ4n) is 2.68.